The van der Waals surface area contributed by atoms with E-state index in [1.807, 2.05) is 6.07 Å². The van der Waals surface area contributed by atoms with E-state index < -0.39 is 0 Å². The van der Waals surface area contributed by atoms with Gasteiger partial charge in [0.05, 0.1) is 12.2 Å². The second-order valence-electron chi connectivity index (χ2n) is 3.34. The molecule has 84 valence electrons. The lowest BCUT2D eigenvalue weighted by atomic mass is 10.2. The van der Waals surface area contributed by atoms with Crippen molar-refractivity contribution in [3.05, 3.63) is 39.9 Å². The van der Waals surface area contributed by atoms with Gasteiger partial charge in [0.25, 0.3) is 0 Å². The molecule has 2 rings (SSSR count). The molecule has 1 atom stereocenters. The summed E-state index contributed by atoms with van der Waals surface area (Å²) in [5.41, 5.74) is 0. The van der Waals surface area contributed by atoms with Gasteiger partial charge < -0.3 is 5.32 Å². The van der Waals surface area contributed by atoms with Crippen molar-refractivity contribution in [2.45, 2.75) is 19.4 Å². The van der Waals surface area contributed by atoms with Gasteiger partial charge in [-0.05, 0) is 17.9 Å². The normalized spacial score (nSPS) is 12.4. The summed E-state index contributed by atoms with van der Waals surface area (Å²) in [7, 11) is 0. The zero-order valence-corrected chi connectivity index (χ0v) is 10.4. The molecule has 0 fully saturated rings. The molecule has 2 heterocycles. The van der Waals surface area contributed by atoms with E-state index in [4.69, 9.17) is 11.6 Å². The maximum atomic E-state index is 6.00. The molecule has 0 saturated heterocycles. The van der Waals surface area contributed by atoms with Crippen molar-refractivity contribution < 1.29 is 0 Å². The molecule has 0 aliphatic carbocycles. The third-order valence-electron chi connectivity index (χ3n) is 2.27. The second kappa shape index (κ2) is 5.27. The molecule has 0 bridgehead atoms. The molecule has 0 aromatic carbocycles. The summed E-state index contributed by atoms with van der Waals surface area (Å²) in [5, 5.41) is 5.95. The van der Waals surface area contributed by atoms with Gasteiger partial charge in [-0.3, -0.25) is 0 Å². The van der Waals surface area contributed by atoms with Gasteiger partial charge in [-0.25, -0.2) is 9.97 Å². The SMILES string of the molecule is CCC(Nc1ncncc1Cl)c1cccs1. The summed E-state index contributed by atoms with van der Waals surface area (Å²) < 4.78 is 0. The molecule has 3 nitrogen and oxygen atoms in total. The lowest BCUT2D eigenvalue weighted by molar-refractivity contribution is 0.758. The fourth-order valence-electron chi connectivity index (χ4n) is 1.45. The van der Waals surface area contributed by atoms with Crippen LogP contribution in [0.5, 0.6) is 0 Å². The maximum Gasteiger partial charge on any atom is 0.148 e. The van der Waals surface area contributed by atoms with Gasteiger partial charge in [0, 0.05) is 4.88 Å². The Morgan fingerprint density at radius 3 is 3.06 bits per heavy atom. The number of halogens is 1. The minimum atomic E-state index is 0.257. The largest absolute Gasteiger partial charge is 0.361 e. The third kappa shape index (κ3) is 2.51. The van der Waals surface area contributed by atoms with E-state index in [9.17, 15) is 0 Å². The van der Waals surface area contributed by atoms with Crippen molar-refractivity contribution >= 4 is 28.8 Å². The average molecular weight is 254 g/mol. The molecule has 0 aliphatic rings. The first-order valence-corrected chi connectivity index (χ1v) is 6.32. The number of hydrogen-bond acceptors (Lipinski definition) is 4. The lowest BCUT2D eigenvalue weighted by Gasteiger charge is -2.16. The Bertz CT molecular complexity index is 444. The van der Waals surface area contributed by atoms with Gasteiger partial charge in [-0.15, -0.1) is 11.3 Å². The van der Waals surface area contributed by atoms with Crippen LogP contribution in [0.3, 0.4) is 0 Å². The van der Waals surface area contributed by atoms with Crippen molar-refractivity contribution in [2.24, 2.45) is 0 Å². The van der Waals surface area contributed by atoms with Crippen molar-refractivity contribution in [1.82, 2.24) is 9.97 Å². The number of nitrogens with one attached hydrogen (secondary N) is 1. The van der Waals surface area contributed by atoms with Gasteiger partial charge >= 0.3 is 0 Å². The number of thiophene rings is 1. The summed E-state index contributed by atoms with van der Waals surface area (Å²) in [5.74, 6) is 0.692. The van der Waals surface area contributed by atoms with Crippen LogP contribution in [0.25, 0.3) is 0 Å². The highest BCUT2D eigenvalue weighted by Gasteiger charge is 2.12. The molecule has 0 spiro atoms. The smallest absolute Gasteiger partial charge is 0.148 e. The highest BCUT2D eigenvalue weighted by atomic mass is 35.5. The number of rotatable bonds is 4. The summed E-state index contributed by atoms with van der Waals surface area (Å²) >= 11 is 7.73. The fourth-order valence-corrected chi connectivity index (χ4v) is 2.47. The van der Waals surface area contributed by atoms with Crippen molar-refractivity contribution in [1.29, 1.82) is 0 Å². The van der Waals surface area contributed by atoms with Crippen LogP contribution in [0.15, 0.2) is 30.0 Å². The van der Waals surface area contributed by atoms with Crippen molar-refractivity contribution in [3.8, 4) is 0 Å². The molecule has 2 aromatic rings. The van der Waals surface area contributed by atoms with E-state index in [1.54, 1.807) is 17.5 Å². The summed E-state index contributed by atoms with van der Waals surface area (Å²) in [4.78, 5) is 9.28. The van der Waals surface area contributed by atoms with Gasteiger partial charge in [-0.1, -0.05) is 24.6 Å². The van der Waals surface area contributed by atoms with Gasteiger partial charge in [0.2, 0.25) is 0 Å². The zero-order chi connectivity index (χ0) is 11.4. The second-order valence-corrected chi connectivity index (χ2v) is 4.73. The third-order valence-corrected chi connectivity index (χ3v) is 3.54. The van der Waals surface area contributed by atoms with Crippen LogP contribution in [0, 0.1) is 0 Å². The van der Waals surface area contributed by atoms with Crippen LogP contribution in [0.2, 0.25) is 5.02 Å². The highest BCUT2D eigenvalue weighted by molar-refractivity contribution is 7.10. The number of aromatic nitrogens is 2. The Balaban J connectivity index is 2.17. The summed E-state index contributed by atoms with van der Waals surface area (Å²) in [6.45, 7) is 2.13. The molecule has 16 heavy (non-hydrogen) atoms. The lowest BCUT2D eigenvalue weighted by Crippen LogP contribution is -2.09. The molecule has 2 aromatic heterocycles. The van der Waals surface area contributed by atoms with Gasteiger partial charge in [0.15, 0.2) is 0 Å². The topological polar surface area (TPSA) is 37.8 Å². The molecule has 0 saturated carbocycles. The quantitative estimate of drug-likeness (QED) is 0.902. The first-order valence-electron chi connectivity index (χ1n) is 5.06. The molecule has 5 heteroatoms. The average Bonchev–Trinajstić information content (AvgIpc) is 2.81. The van der Waals surface area contributed by atoms with E-state index >= 15 is 0 Å². The Labute approximate surface area is 104 Å². The minimum absolute atomic E-state index is 0.257. The minimum Gasteiger partial charge on any atom is -0.361 e. The fraction of sp³-hybridized carbons (Fsp3) is 0.273. The van der Waals surface area contributed by atoms with Crippen molar-refractivity contribution in [2.75, 3.05) is 5.32 Å². The van der Waals surface area contributed by atoms with E-state index in [-0.39, 0.29) is 6.04 Å². The Kier molecular flexibility index (Phi) is 3.74. The molecular weight excluding hydrogens is 242 g/mol. The predicted molar refractivity (Wildman–Crippen MR) is 68.0 cm³/mol. The Morgan fingerprint density at radius 2 is 2.44 bits per heavy atom. The number of hydrogen-bond donors (Lipinski definition) is 1. The number of anilines is 1. The van der Waals surface area contributed by atoms with E-state index in [2.05, 4.69) is 33.7 Å². The van der Waals surface area contributed by atoms with Gasteiger partial charge in [0.1, 0.15) is 17.2 Å². The standard InChI is InChI=1S/C11H12ClN3S/c1-2-9(10-4-3-5-16-10)15-11-8(12)6-13-7-14-11/h3-7,9H,2H2,1H3,(H,13,14,15). The van der Waals surface area contributed by atoms with E-state index in [1.165, 1.54) is 11.2 Å². The Morgan fingerprint density at radius 1 is 1.56 bits per heavy atom. The molecule has 0 amide bonds. The van der Waals surface area contributed by atoms with Crippen LogP contribution in [-0.4, -0.2) is 9.97 Å². The zero-order valence-electron chi connectivity index (χ0n) is 8.85. The van der Waals surface area contributed by atoms with Gasteiger partial charge in [-0.2, -0.15) is 0 Å². The molecule has 0 radical (unpaired) electrons. The van der Waals surface area contributed by atoms with Crippen LogP contribution < -0.4 is 5.32 Å². The van der Waals surface area contributed by atoms with Crippen LogP contribution >= 0.6 is 22.9 Å². The molecule has 0 aliphatic heterocycles. The van der Waals surface area contributed by atoms with E-state index in [0.717, 1.165) is 6.42 Å². The first kappa shape index (κ1) is 11.4. The molecular formula is C11H12ClN3S. The maximum absolute atomic E-state index is 6.00. The predicted octanol–water partition coefficient (Wildman–Crippen LogP) is 3.75. The Hall–Kier alpha value is -1.13. The van der Waals surface area contributed by atoms with Crippen LogP contribution in [0.4, 0.5) is 5.82 Å². The summed E-state index contributed by atoms with van der Waals surface area (Å²) in [6.07, 6.45) is 4.08. The highest BCUT2D eigenvalue weighted by Crippen LogP contribution is 2.27. The van der Waals surface area contributed by atoms with Crippen molar-refractivity contribution in [3.63, 3.8) is 0 Å². The monoisotopic (exact) mass is 253 g/mol. The number of nitrogens with zero attached hydrogens (tertiary/aromatic N) is 2. The van der Waals surface area contributed by atoms with Crippen LogP contribution in [-0.2, 0) is 0 Å². The summed E-state index contributed by atoms with van der Waals surface area (Å²) in [6, 6.07) is 4.42. The first-order chi connectivity index (χ1) is 7.81. The van der Waals surface area contributed by atoms with Crippen LogP contribution in [0.1, 0.15) is 24.3 Å². The molecule has 1 unspecified atom stereocenters. The van der Waals surface area contributed by atoms with E-state index in [0.29, 0.717) is 10.8 Å². The molecule has 1 N–H and O–H groups in total.